The maximum atomic E-state index is 12.4. The normalized spacial score (nSPS) is 12.7. The molecular formula is C22H38O8. The average molecular weight is 431 g/mol. The average Bonchev–Trinajstić information content (AvgIpc) is 2.60. The molecule has 0 aliphatic rings. The van der Waals surface area contributed by atoms with Gasteiger partial charge < -0.3 is 19.3 Å². The van der Waals surface area contributed by atoms with Gasteiger partial charge in [0.25, 0.3) is 0 Å². The molecule has 1 N–H and O–H groups in total. The zero-order valence-electron chi connectivity index (χ0n) is 19.2. The van der Waals surface area contributed by atoms with E-state index >= 15 is 0 Å². The number of carbonyl (C=O) groups is 4. The summed E-state index contributed by atoms with van der Waals surface area (Å²) < 4.78 is 15.3. The minimum absolute atomic E-state index is 0.0961. The number of rotatable bonds is 13. The number of ether oxygens (including phenoxy) is 3. The molecule has 0 radical (unpaired) electrons. The van der Waals surface area contributed by atoms with E-state index in [-0.39, 0.29) is 13.0 Å². The molecule has 0 aromatic rings. The summed E-state index contributed by atoms with van der Waals surface area (Å²) in [6.07, 6.45) is 4.46. The first-order chi connectivity index (χ1) is 13.7. The largest absolute Gasteiger partial charge is 0.481 e. The Labute approximate surface area is 179 Å². The molecule has 0 amide bonds. The van der Waals surface area contributed by atoms with Gasteiger partial charge in [-0.15, -0.1) is 0 Å². The smallest absolute Gasteiger partial charge is 0.315 e. The Bertz CT molecular complexity index is 569. The van der Waals surface area contributed by atoms with Crippen LogP contribution in [0.4, 0.5) is 0 Å². The molecule has 0 heterocycles. The van der Waals surface area contributed by atoms with E-state index in [2.05, 4.69) is 0 Å². The minimum Gasteiger partial charge on any atom is -0.481 e. The lowest BCUT2D eigenvalue weighted by molar-refractivity contribution is -0.177. The molecule has 0 bridgehead atoms. The Hall–Kier alpha value is -2.12. The molecular weight excluding hydrogens is 392 g/mol. The molecule has 8 nitrogen and oxygen atoms in total. The molecule has 0 spiro atoms. The van der Waals surface area contributed by atoms with Crippen molar-refractivity contribution >= 4 is 23.9 Å². The summed E-state index contributed by atoms with van der Waals surface area (Å²) in [6.45, 7) is 9.70. The molecule has 0 aromatic carbocycles. The molecule has 0 aliphatic heterocycles. The first-order valence-electron chi connectivity index (χ1n) is 10.5. The topological polar surface area (TPSA) is 116 Å². The third-order valence-electron chi connectivity index (χ3n) is 4.31. The zero-order chi connectivity index (χ0) is 23.4. The van der Waals surface area contributed by atoms with Crippen molar-refractivity contribution in [3.05, 3.63) is 0 Å². The van der Waals surface area contributed by atoms with E-state index in [0.717, 1.165) is 19.3 Å². The number of carboxylic acids is 1. The summed E-state index contributed by atoms with van der Waals surface area (Å²) in [7, 11) is 0. The predicted molar refractivity (Wildman–Crippen MR) is 110 cm³/mol. The summed E-state index contributed by atoms with van der Waals surface area (Å²) in [4.78, 5) is 46.7. The fraction of sp³-hybridized carbons (Fsp3) is 0.818. The van der Waals surface area contributed by atoms with E-state index in [1.54, 1.807) is 41.5 Å². The van der Waals surface area contributed by atoms with E-state index in [4.69, 9.17) is 19.3 Å². The van der Waals surface area contributed by atoms with E-state index in [1.165, 1.54) is 0 Å². The van der Waals surface area contributed by atoms with Crippen LogP contribution in [0.5, 0.6) is 0 Å². The van der Waals surface area contributed by atoms with Crippen LogP contribution in [0.25, 0.3) is 0 Å². The maximum absolute atomic E-state index is 12.4. The van der Waals surface area contributed by atoms with Crippen LogP contribution in [-0.4, -0.2) is 42.4 Å². The van der Waals surface area contributed by atoms with Crippen molar-refractivity contribution in [2.24, 2.45) is 16.7 Å². The Morgan fingerprint density at radius 2 is 1.23 bits per heavy atom. The van der Waals surface area contributed by atoms with Crippen LogP contribution in [0.1, 0.15) is 86.5 Å². The van der Waals surface area contributed by atoms with E-state index in [0.29, 0.717) is 19.3 Å². The maximum Gasteiger partial charge on any atom is 0.315 e. The third-order valence-corrected chi connectivity index (χ3v) is 4.31. The van der Waals surface area contributed by atoms with Crippen LogP contribution in [0.3, 0.4) is 0 Å². The van der Waals surface area contributed by atoms with Gasteiger partial charge in [0.2, 0.25) is 6.79 Å². The van der Waals surface area contributed by atoms with Crippen molar-refractivity contribution in [2.75, 3.05) is 13.4 Å². The van der Waals surface area contributed by atoms with Crippen molar-refractivity contribution in [1.82, 2.24) is 0 Å². The first-order valence-corrected chi connectivity index (χ1v) is 10.5. The molecule has 0 rings (SSSR count). The molecule has 1 atom stereocenters. The first kappa shape index (κ1) is 27.9. The predicted octanol–water partition coefficient (Wildman–Crippen LogP) is 4.10. The Balaban J connectivity index is 4.55. The summed E-state index contributed by atoms with van der Waals surface area (Å²) >= 11 is 0. The molecule has 0 saturated carbocycles. The van der Waals surface area contributed by atoms with Crippen molar-refractivity contribution in [1.29, 1.82) is 0 Å². The highest BCUT2D eigenvalue weighted by atomic mass is 16.7. The van der Waals surface area contributed by atoms with Crippen molar-refractivity contribution in [3.8, 4) is 0 Å². The van der Waals surface area contributed by atoms with E-state index < -0.39 is 47.4 Å². The lowest BCUT2D eigenvalue weighted by Crippen LogP contribution is -2.30. The number of hydrogen-bond donors (Lipinski definition) is 1. The molecule has 174 valence electrons. The van der Waals surface area contributed by atoms with Crippen LogP contribution in [0.2, 0.25) is 0 Å². The molecule has 0 fully saturated rings. The molecule has 0 aromatic heterocycles. The van der Waals surface area contributed by atoms with Gasteiger partial charge in [0.05, 0.1) is 16.7 Å². The summed E-state index contributed by atoms with van der Waals surface area (Å²) in [5.74, 6) is -2.92. The highest BCUT2D eigenvalue weighted by Crippen LogP contribution is 2.19. The second-order valence-electron chi connectivity index (χ2n) is 9.51. The van der Waals surface area contributed by atoms with Crippen LogP contribution < -0.4 is 0 Å². The monoisotopic (exact) mass is 430 g/mol. The lowest BCUT2D eigenvalue weighted by atomic mass is 9.97. The van der Waals surface area contributed by atoms with Crippen LogP contribution >= 0.6 is 0 Å². The second kappa shape index (κ2) is 13.2. The number of carbonyl (C=O) groups excluding carboxylic acids is 3. The van der Waals surface area contributed by atoms with E-state index in [1.807, 2.05) is 0 Å². The van der Waals surface area contributed by atoms with Crippen LogP contribution in [-0.2, 0) is 33.4 Å². The molecule has 8 heteroatoms. The van der Waals surface area contributed by atoms with Gasteiger partial charge in [-0.3, -0.25) is 19.2 Å². The molecule has 1 unspecified atom stereocenters. The second-order valence-corrected chi connectivity index (χ2v) is 9.51. The fourth-order valence-corrected chi connectivity index (χ4v) is 2.33. The molecule has 0 aliphatic carbocycles. The van der Waals surface area contributed by atoms with Gasteiger partial charge in [-0.05, 0) is 54.4 Å². The van der Waals surface area contributed by atoms with Gasteiger partial charge in [-0.2, -0.15) is 0 Å². The van der Waals surface area contributed by atoms with Gasteiger partial charge in [0.1, 0.15) is 6.61 Å². The fourth-order valence-electron chi connectivity index (χ4n) is 2.33. The van der Waals surface area contributed by atoms with Gasteiger partial charge in [0, 0.05) is 6.42 Å². The molecule has 30 heavy (non-hydrogen) atoms. The number of hydrogen-bond acceptors (Lipinski definition) is 7. The Morgan fingerprint density at radius 3 is 1.77 bits per heavy atom. The third kappa shape index (κ3) is 13.2. The van der Waals surface area contributed by atoms with Gasteiger partial charge in [-0.1, -0.05) is 25.7 Å². The van der Waals surface area contributed by atoms with Gasteiger partial charge in [0.15, 0.2) is 0 Å². The van der Waals surface area contributed by atoms with Crippen LogP contribution in [0.15, 0.2) is 0 Å². The molecule has 0 saturated heterocycles. The number of esters is 3. The standard InChI is InChI=1S/C22H38O8/c1-21(2,3)19(26)28-14-16(12-10-8-7-9-11-13-17(23)24)18(25)29-15-30-20(27)22(4,5)6/h16H,7-15H2,1-6H3,(H,23,24). The SMILES string of the molecule is CC(C)(C)C(=O)OCOC(=O)C(CCCCCCCC(=O)O)COC(=O)C(C)(C)C. The van der Waals surface area contributed by atoms with Crippen molar-refractivity contribution in [2.45, 2.75) is 86.5 Å². The number of unbranched alkanes of at least 4 members (excludes halogenated alkanes) is 4. The van der Waals surface area contributed by atoms with Crippen molar-refractivity contribution in [3.63, 3.8) is 0 Å². The summed E-state index contributed by atoms with van der Waals surface area (Å²) in [5.41, 5.74) is -1.38. The van der Waals surface area contributed by atoms with Crippen LogP contribution in [0, 0.1) is 16.7 Å². The number of carboxylic acid groups (broad SMARTS) is 1. The highest BCUT2D eigenvalue weighted by Gasteiger charge is 2.28. The Kier molecular flexibility index (Phi) is 12.3. The highest BCUT2D eigenvalue weighted by molar-refractivity contribution is 5.77. The lowest BCUT2D eigenvalue weighted by Gasteiger charge is -2.21. The Morgan fingerprint density at radius 1 is 0.733 bits per heavy atom. The summed E-state index contributed by atoms with van der Waals surface area (Å²) in [5, 5.41) is 8.64. The van der Waals surface area contributed by atoms with E-state index in [9.17, 15) is 19.2 Å². The minimum atomic E-state index is -0.800. The van der Waals surface area contributed by atoms with Gasteiger partial charge >= 0.3 is 23.9 Å². The number of aliphatic carboxylic acids is 1. The van der Waals surface area contributed by atoms with Crippen molar-refractivity contribution < 1.29 is 38.5 Å². The van der Waals surface area contributed by atoms with Gasteiger partial charge in [-0.25, -0.2) is 0 Å². The zero-order valence-corrected chi connectivity index (χ0v) is 19.2. The summed E-state index contributed by atoms with van der Waals surface area (Å²) in [6, 6.07) is 0. The quantitative estimate of drug-likeness (QED) is 0.264.